The highest BCUT2D eigenvalue weighted by molar-refractivity contribution is 5.29. The topological polar surface area (TPSA) is 12.5 Å². The van der Waals surface area contributed by atoms with Crippen LogP contribution in [0.5, 0.6) is 5.75 Å². The molecule has 0 radical (unpaired) electrons. The van der Waals surface area contributed by atoms with E-state index in [1.807, 2.05) is 30.3 Å². The van der Waals surface area contributed by atoms with Gasteiger partial charge in [-0.25, -0.2) is 0 Å². The van der Waals surface area contributed by atoms with E-state index in [0.717, 1.165) is 25.4 Å². The van der Waals surface area contributed by atoms with Gasteiger partial charge in [-0.1, -0.05) is 78.9 Å². The zero-order valence-corrected chi connectivity index (χ0v) is 15.1. The van der Waals surface area contributed by atoms with Gasteiger partial charge in [0.1, 0.15) is 12.4 Å². The van der Waals surface area contributed by atoms with Crippen LogP contribution in [-0.4, -0.2) is 11.4 Å². The lowest BCUT2D eigenvalue weighted by Gasteiger charge is -2.21. The monoisotopic (exact) mass is 343 g/mol. The molecule has 0 saturated heterocycles. The second kappa shape index (κ2) is 9.59. The molecule has 0 atom stereocenters. The summed E-state index contributed by atoms with van der Waals surface area (Å²) in [6.45, 7) is 7.11. The lowest BCUT2D eigenvalue weighted by Crippen LogP contribution is -2.22. The van der Waals surface area contributed by atoms with Gasteiger partial charge in [0.05, 0.1) is 0 Å². The molecule has 0 aromatic heterocycles. The van der Waals surface area contributed by atoms with E-state index >= 15 is 0 Å². The molecule has 0 saturated carbocycles. The molecule has 0 spiro atoms. The number of rotatable bonds is 9. The summed E-state index contributed by atoms with van der Waals surface area (Å²) in [7, 11) is 0. The van der Waals surface area contributed by atoms with Crippen molar-refractivity contribution >= 4 is 0 Å². The van der Waals surface area contributed by atoms with Crippen LogP contribution in [0.3, 0.4) is 0 Å². The van der Waals surface area contributed by atoms with E-state index in [0.29, 0.717) is 6.61 Å². The predicted octanol–water partition coefficient (Wildman–Crippen LogP) is 5.45. The minimum absolute atomic E-state index is 0.588. The minimum Gasteiger partial charge on any atom is -0.489 e. The lowest BCUT2D eigenvalue weighted by molar-refractivity contribution is 0.283. The van der Waals surface area contributed by atoms with Gasteiger partial charge in [0.25, 0.3) is 0 Å². The van der Waals surface area contributed by atoms with Crippen molar-refractivity contribution in [1.82, 2.24) is 4.90 Å². The fraction of sp³-hybridized carbons (Fsp3) is 0.167. The van der Waals surface area contributed by atoms with Crippen LogP contribution in [-0.2, 0) is 19.7 Å². The third-order valence-electron chi connectivity index (χ3n) is 4.19. The summed E-state index contributed by atoms with van der Waals surface area (Å²) in [5.74, 6) is 0.907. The second-order valence-corrected chi connectivity index (χ2v) is 6.37. The average Bonchev–Trinajstić information content (AvgIpc) is 2.68. The summed E-state index contributed by atoms with van der Waals surface area (Å²) < 4.78 is 5.95. The largest absolute Gasteiger partial charge is 0.489 e. The summed E-state index contributed by atoms with van der Waals surface area (Å²) in [6.07, 6.45) is 1.96. The Morgan fingerprint density at radius 1 is 0.731 bits per heavy atom. The quantitative estimate of drug-likeness (QED) is 0.479. The molecule has 132 valence electrons. The predicted molar refractivity (Wildman–Crippen MR) is 108 cm³/mol. The first kappa shape index (κ1) is 18.0. The molecule has 3 aromatic rings. The van der Waals surface area contributed by atoms with Gasteiger partial charge in [-0.05, 0) is 28.8 Å². The van der Waals surface area contributed by atoms with E-state index in [9.17, 15) is 0 Å². The second-order valence-electron chi connectivity index (χ2n) is 6.37. The number of benzene rings is 3. The van der Waals surface area contributed by atoms with Crippen molar-refractivity contribution in [2.45, 2.75) is 19.7 Å². The van der Waals surface area contributed by atoms with Gasteiger partial charge in [0.15, 0.2) is 0 Å². The van der Waals surface area contributed by atoms with Crippen LogP contribution < -0.4 is 4.74 Å². The van der Waals surface area contributed by atoms with E-state index in [1.165, 1.54) is 16.7 Å². The molecular formula is C24H25NO. The van der Waals surface area contributed by atoms with Crippen molar-refractivity contribution in [3.05, 3.63) is 114 Å². The highest BCUT2D eigenvalue weighted by Crippen LogP contribution is 2.17. The molecule has 0 N–H and O–H groups in total. The number of hydrogen-bond donors (Lipinski definition) is 0. The van der Waals surface area contributed by atoms with Crippen molar-refractivity contribution < 1.29 is 4.74 Å². The summed E-state index contributed by atoms with van der Waals surface area (Å²) in [5.41, 5.74) is 3.73. The Kier molecular flexibility index (Phi) is 6.63. The maximum Gasteiger partial charge on any atom is 0.120 e. The molecule has 3 rings (SSSR count). The Morgan fingerprint density at radius 3 is 2.04 bits per heavy atom. The summed E-state index contributed by atoms with van der Waals surface area (Å²) in [5, 5.41) is 0. The fourth-order valence-electron chi connectivity index (χ4n) is 2.94. The van der Waals surface area contributed by atoms with Crippen LogP contribution in [0, 0.1) is 0 Å². The van der Waals surface area contributed by atoms with E-state index in [1.54, 1.807) is 0 Å². The third-order valence-corrected chi connectivity index (χ3v) is 4.19. The van der Waals surface area contributed by atoms with Crippen LogP contribution in [0.1, 0.15) is 16.7 Å². The van der Waals surface area contributed by atoms with E-state index < -0.39 is 0 Å². The van der Waals surface area contributed by atoms with Gasteiger partial charge >= 0.3 is 0 Å². The Bertz CT molecular complexity index is 799. The molecule has 0 aliphatic heterocycles. The summed E-state index contributed by atoms with van der Waals surface area (Å²) in [6, 6.07) is 29.1. The van der Waals surface area contributed by atoms with Crippen molar-refractivity contribution in [2.75, 3.05) is 6.54 Å². The van der Waals surface area contributed by atoms with E-state index in [-0.39, 0.29) is 0 Å². The van der Waals surface area contributed by atoms with Crippen LogP contribution in [0.2, 0.25) is 0 Å². The van der Waals surface area contributed by atoms with Crippen LogP contribution >= 0.6 is 0 Å². The molecule has 0 unspecified atom stereocenters. The van der Waals surface area contributed by atoms with Gasteiger partial charge in [-0.3, -0.25) is 4.90 Å². The van der Waals surface area contributed by atoms with E-state index in [4.69, 9.17) is 4.74 Å². The highest BCUT2D eigenvalue weighted by atomic mass is 16.5. The normalized spacial score (nSPS) is 10.7. The Labute approximate surface area is 156 Å². The van der Waals surface area contributed by atoms with Crippen molar-refractivity contribution in [3.63, 3.8) is 0 Å². The standard InChI is InChI=1S/C24H25NO/c1-2-16-25(18-21-10-5-3-6-11-21)19-23-14-9-15-24(17-23)26-20-22-12-7-4-8-13-22/h2-15,17H,1,16,18-20H2. The molecule has 2 nitrogen and oxygen atoms in total. The summed E-state index contributed by atoms with van der Waals surface area (Å²) in [4.78, 5) is 2.37. The van der Waals surface area contributed by atoms with Gasteiger partial charge in [-0.15, -0.1) is 6.58 Å². The van der Waals surface area contributed by atoms with Gasteiger partial charge in [-0.2, -0.15) is 0 Å². The molecule has 2 heteroatoms. The van der Waals surface area contributed by atoms with Crippen LogP contribution in [0.25, 0.3) is 0 Å². The number of hydrogen-bond acceptors (Lipinski definition) is 2. The molecule has 0 amide bonds. The Morgan fingerprint density at radius 2 is 1.35 bits per heavy atom. The summed E-state index contributed by atoms with van der Waals surface area (Å²) >= 11 is 0. The zero-order valence-electron chi connectivity index (χ0n) is 15.1. The molecule has 0 fully saturated rings. The van der Waals surface area contributed by atoms with Crippen LogP contribution in [0.4, 0.5) is 0 Å². The molecule has 0 aliphatic carbocycles. The maximum absolute atomic E-state index is 5.95. The molecule has 26 heavy (non-hydrogen) atoms. The highest BCUT2D eigenvalue weighted by Gasteiger charge is 2.07. The molecule has 0 bridgehead atoms. The van der Waals surface area contributed by atoms with E-state index in [2.05, 4.69) is 72.1 Å². The third kappa shape index (κ3) is 5.61. The van der Waals surface area contributed by atoms with Crippen LogP contribution in [0.15, 0.2) is 97.6 Å². The minimum atomic E-state index is 0.588. The van der Waals surface area contributed by atoms with Crippen molar-refractivity contribution in [1.29, 1.82) is 0 Å². The first-order valence-corrected chi connectivity index (χ1v) is 8.96. The Balaban J connectivity index is 1.63. The number of ether oxygens (including phenoxy) is 1. The SMILES string of the molecule is C=CCN(Cc1ccccc1)Cc1cccc(OCc2ccccc2)c1. The van der Waals surface area contributed by atoms with Gasteiger partial charge < -0.3 is 4.74 Å². The first-order chi connectivity index (χ1) is 12.8. The lowest BCUT2D eigenvalue weighted by atomic mass is 10.1. The van der Waals surface area contributed by atoms with Crippen molar-refractivity contribution in [3.8, 4) is 5.75 Å². The molecule has 0 aliphatic rings. The zero-order chi connectivity index (χ0) is 18.0. The van der Waals surface area contributed by atoms with Crippen molar-refractivity contribution in [2.24, 2.45) is 0 Å². The molecule has 3 aromatic carbocycles. The molecule has 0 heterocycles. The fourth-order valence-corrected chi connectivity index (χ4v) is 2.94. The first-order valence-electron chi connectivity index (χ1n) is 8.96. The smallest absolute Gasteiger partial charge is 0.120 e. The Hall–Kier alpha value is -2.84. The maximum atomic E-state index is 5.95. The molecular weight excluding hydrogens is 318 g/mol. The number of nitrogens with zero attached hydrogens (tertiary/aromatic N) is 1. The van der Waals surface area contributed by atoms with Gasteiger partial charge in [0.2, 0.25) is 0 Å². The average molecular weight is 343 g/mol. The van der Waals surface area contributed by atoms with Gasteiger partial charge in [0, 0.05) is 19.6 Å².